The largest absolute Gasteiger partial charge is 0.481 e. The van der Waals surface area contributed by atoms with Crippen molar-refractivity contribution in [3.63, 3.8) is 0 Å². The van der Waals surface area contributed by atoms with E-state index < -0.39 is 42.3 Å². The zero-order chi connectivity index (χ0) is 39.2. The van der Waals surface area contributed by atoms with E-state index in [0.717, 1.165) is 32.1 Å². The first-order chi connectivity index (χ1) is 24.9. The molecule has 53 heavy (non-hydrogen) atoms. The second-order valence-electron chi connectivity index (χ2n) is 14.2. The summed E-state index contributed by atoms with van der Waals surface area (Å²) in [6, 6.07) is -2.57. The van der Waals surface area contributed by atoms with Gasteiger partial charge < -0.3 is 31.7 Å². The standard InChI is InChI=1S/C20H38N2O4.C20H37NO5.Na/c1-2-3-4-5-6-7-8-9-10-11-12-13-14-15-19(24)22-17(20(25)26)16-18(21)23;1-2-3-4-5-6-7-8-9-10-11-12-13-14-15-18(22)21-17(20(25)26)16-19(23)24;/h17H,2-16H2,1H3,(H2,21,23)(H,22,24)(H,25,26);17H,2-16H2,1H3,(H,21,22)(H,23,24)(H,25,26);/t2*17-;/m00./s1. The van der Waals surface area contributed by atoms with Gasteiger partial charge in [-0.2, -0.15) is 0 Å². The second-order valence-corrected chi connectivity index (χ2v) is 14.2. The predicted molar refractivity (Wildman–Crippen MR) is 212 cm³/mol. The van der Waals surface area contributed by atoms with E-state index in [4.69, 9.17) is 21.1 Å². The van der Waals surface area contributed by atoms with Crippen molar-refractivity contribution >= 4 is 65.2 Å². The van der Waals surface area contributed by atoms with Crippen LogP contribution in [0.2, 0.25) is 0 Å². The van der Waals surface area contributed by atoms with Crippen molar-refractivity contribution in [2.24, 2.45) is 5.73 Å². The van der Waals surface area contributed by atoms with Gasteiger partial charge in [0.15, 0.2) is 0 Å². The van der Waals surface area contributed by atoms with Gasteiger partial charge in [-0.1, -0.05) is 168 Å². The van der Waals surface area contributed by atoms with Gasteiger partial charge in [-0.05, 0) is 12.8 Å². The van der Waals surface area contributed by atoms with E-state index in [1.54, 1.807) is 0 Å². The molecule has 0 fully saturated rings. The van der Waals surface area contributed by atoms with E-state index in [1.165, 1.54) is 128 Å². The van der Waals surface area contributed by atoms with Crippen molar-refractivity contribution in [3.05, 3.63) is 0 Å². The molecule has 12 nitrogen and oxygen atoms in total. The van der Waals surface area contributed by atoms with E-state index in [2.05, 4.69) is 24.5 Å². The number of carboxylic acid groups (broad SMARTS) is 3. The molecule has 0 aromatic carbocycles. The molecule has 0 saturated heterocycles. The minimum absolute atomic E-state index is 0. The SMILES string of the molecule is CCCCCCCCCCCCCCCC(=O)N[C@@H](CC(=O)O)C(=O)O.CCCCCCCCCCCCCCCC(=O)N[C@@H](CC(N)=O)C(=O)O.[Na]. The van der Waals surface area contributed by atoms with E-state index in [0.29, 0.717) is 12.8 Å². The minimum atomic E-state index is -1.35. The summed E-state index contributed by atoms with van der Waals surface area (Å²) >= 11 is 0. The molecule has 0 rings (SSSR count). The molecule has 7 N–H and O–H groups in total. The van der Waals surface area contributed by atoms with Gasteiger partial charge in [0.25, 0.3) is 0 Å². The summed E-state index contributed by atoms with van der Waals surface area (Å²) in [5.74, 6) is -5.24. The number of hydrogen-bond donors (Lipinski definition) is 6. The van der Waals surface area contributed by atoms with Crippen LogP contribution in [0, 0.1) is 0 Å². The topological polar surface area (TPSA) is 213 Å². The first-order valence-corrected chi connectivity index (χ1v) is 20.5. The fourth-order valence-corrected chi connectivity index (χ4v) is 5.92. The van der Waals surface area contributed by atoms with Crippen LogP contribution in [0.3, 0.4) is 0 Å². The van der Waals surface area contributed by atoms with Crippen LogP contribution in [0.15, 0.2) is 0 Å². The van der Waals surface area contributed by atoms with Crippen LogP contribution < -0.4 is 16.4 Å². The molecular formula is C40H75N3NaO9. The van der Waals surface area contributed by atoms with Crippen molar-refractivity contribution in [1.82, 2.24) is 10.6 Å². The van der Waals surface area contributed by atoms with Gasteiger partial charge in [0.05, 0.1) is 12.8 Å². The van der Waals surface area contributed by atoms with E-state index >= 15 is 0 Å². The van der Waals surface area contributed by atoms with Gasteiger partial charge in [-0.25, -0.2) is 9.59 Å². The Morgan fingerprint density at radius 2 is 0.679 bits per heavy atom. The molecule has 2 atom stereocenters. The number of carbonyl (C=O) groups excluding carboxylic acids is 3. The van der Waals surface area contributed by atoms with Crippen LogP contribution in [0.4, 0.5) is 0 Å². The maximum absolute atomic E-state index is 11.7. The summed E-state index contributed by atoms with van der Waals surface area (Å²) in [5.41, 5.74) is 4.98. The molecule has 0 aliphatic rings. The molecule has 305 valence electrons. The number of nitrogens with two attached hydrogens (primary N) is 1. The number of hydrogen-bond acceptors (Lipinski definition) is 6. The van der Waals surface area contributed by atoms with E-state index in [9.17, 15) is 28.8 Å². The molecule has 0 saturated carbocycles. The zero-order valence-corrected chi connectivity index (χ0v) is 35.7. The molecule has 0 heterocycles. The molecule has 0 bridgehead atoms. The van der Waals surface area contributed by atoms with Gasteiger partial charge in [0, 0.05) is 42.4 Å². The zero-order valence-electron chi connectivity index (χ0n) is 33.7. The summed E-state index contributed by atoms with van der Waals surface area (Å²) in [6.07, 6.45) is 31.4. The fraction of sp³-hybridized carbons (Fsp3) is 0.850. The number of carbonyl (C=O) groups is 6. The van der Waals surface area contributed by atoms with Crippen molar-refractivity contribution in [1.29, 1.82) is 0 Å². The van der Waals surface area contributed by atoms with Crippen LogP contribution >= 0.6 is 0 Å². The van der Waals surface area contributed by atoms with Crippen molar-refractivity contribution in [3.8, 4) is 0 Å². The predicted octanol–water partition coefficient (Wildman–Crippen LogP) is 8.04. The summed E-state index contributed by atoms with van der Waals surface area (Å²) in [7, 11) is 0. The molecule has 3 amide bonds. The second kappa shape index (κ2) is 41.0. The first kappa shape index (κ1) is 55.2. The Hall–Kier alpha value is -2.18. The smallest absolute Gasteiger partial charge is 0.326 e. The monoisotopic (exact) mass is 765 g/mol. The van der Waals surface area contributed by atoms with Crippen LogP contribution in [0.1, 0.15) is 206 Å². The third-order valence-electron chi connectivity index (χ3n) is 9.07. The number of unbranched alkanes of at least 4 members (excludes halogenated alkanes) is 24. The number of aliphatic carboxylic acids is 3. The van der Waals surface area contributed by atoms with Gasteiger partial charge in [-0.15, -0.1) is 0 Å². The molecular weight excluding hydrogens is 689 g/mol. The van der Waals surface area contributed by atoms with Crippen LogP contribution in [-0.2, 0) is 28.8 Å². The normalized spacial score (nSPS) is 11.7. The van der Waals surface area contributed by atoms with Crippen molar-refractivity contribution in [2.45, 2.75) is 219 Å². The first-order valence-electron chi connectivity index (χ1n) is 20.5. The minimum Gasteiger partial charge on any atom is -0.481 e. The quantitative estimate of drug-likeness (QED) is 0.0269. The molecule has 0 aromatic rings. The molecule has 0 spiro atoms. The Kier molecular flexibility index (Phi) is 42.7. The Labute approximate surface area is 342 Å². The van der Waals surface area contributed by atoms with Gasteiger partial charge in [-0.3, -0.25) is 19.2 Å². The van der Waals surface area contributed by atoms with Crippen molar-refractivity contribution in [2.75, 3.05) is 0 Å². The van der Waals surface area contributed by atoms with E-state index in [-0.39, 0.29) is 54.2 Å². The van der Waals surface area contributed by atoms with Crippen LogP contribution in [0.5, 0.6) is 0 Å². The average Bonchev–Trinajstić information content (AvgIpc) is 3.08. The molecule has 13 heteroatoms. The number of primary amides is 1. The molecule has 0 unspecified atom stereocenters. The number of rotatable bonds is 36. The number of amides is 3. The summed E-state index contributed by atoms with van der Waals surface area (Å²) in [6.45, 7) is 4.47. The van der Waals surface area contributed by atoms with Crippen LogP contribution in [0.25, 0.3) is 0 Å². The number of carboxylic acids is 3. The Morgan fingerprint density at radius 3 is 0.906 bits per heavy atom. The van der Waals surface area contributed by atoms with Gasteiger partial charge in [0.2, 0.25) is 17.7 Å². The van der Waals surface area contributed by atoms with Gasteiger partial charge in [0.1, 0.15) is 12.1 Å². The fourth-order valence-electron chi connectivity index (χ4n) is 5.92. The average molecular weight is 765 g/mol. The molecule has 1 radical (unpaired) electrons. The summed E-state index contributed by atoms with van der Waals surface area (Å²) in [4.78, 5) is 66.6. The Balaban J connectivity index is -0.000000926. The maximum Gasteiger partial charge on any atom is 0.326 e. The molecule has 0 aromatic heterocycles. The van der Waals surface area contributed by atoms with Crippen molar-refractivity contribution < 1.29 is 44.1 Å². The third kappa shape index (κ3) is 42.4. The van der Waals surface area contributed by atoms with E-state index in [1.807, 2.05) is 0 Å². The Bertz CT molecular complexity index is 878. The number of nitrogens with one attached hydrogen (secondary N) is 2. The van der Waals surface area contributed by atoms with Gasteiger partial charge >= 0.3 is 17.9 Å². The molecule has 0 aliphatic carbocycles. The van der Waals surface area contributed by atoms with Crippen LogP contribution in [-0.4, -0.2) is 92.6 Å². The maximum atomic E-state index is 11.7. The molecule has 0 aliphatic heterocycles. The summed E-state index contributed by atoms with van der Waals surface area (Å²) in [5, 5.41) is 31.1. The third-order valence-corrected chi connectivity index (χ3v) is 9.07. The summed E-state index contributed by atoms with van der Waals surface area (Å²) < 4.78 is 0. The Morgan fingerprint density at radius 1 is 0.434 bits per heavy atom.